The molecule has 0 unspecified atom stereocenters. The quantitative estimate of drug-likeness (QED) is 0.466. The van der Waals surface area contributed by atoms with Gasteiger partial charge in [-0.15, -0.1) is 0 Å². The van der Waals surface area contributed by atoms with Gasteiger partial charge in [0.15, 0.2) is 5.82 Å². The molecule has 0 aliphatic rings. The van der Waals surface area contributed by atoms with Gasteiger partial charge in [0.25, 0.3) is 0 Å². The lowest BCUT2D eigenvalue weighted by Crippen LogP contribution is -2.30. The van der Waals surface area contributed by atoms with E-state index in [4.69, 9.17) is 5.73 Å². The maximum Gasteiger partial charge on any atom is 0.449 e. The van der Waals surface area contributed by atoms with E-state index in [1.54, 1.807) is 24.7 Å². The zero-order valence-corrected chi connectivity index (χ0v) is 16.3. The molecule has 0 radical (unpaired) electrons. The molecular formula is C18H18F3N9. The predicted octanol–water partition coefficient (Wildman–Crippen LogP) is 3.10. The third-order valence-electron chi connectivity index (χ3n) is 4.60. The van der Waals surface area contributed by atoms with Crippen molar-refractivity contribution >= 4 is 22.8 Å². The number of fused-ring (bicyclic) bond motifs is 1. The van der Waals surface area contributed by atoms with Crippen molar-refractivity contribution in [3.05, 3.63) is 42.1 Å². The normalized spacial score (nSPS) is 12.5. The summed E-state index contributed by atoms with van der Waals surface area (Å²) in [6.45, 7) is 3.34. The number of hydrogen-bond donors (Lipinski definition) is 3. The largest absolute Gasteiger partial charge is 0.449 e. The number of nitrogen functional groups attached to an aromatic ring is 1. The summed E-state index contributed by atoms with van der Waals surface area (Å²) in [4.78, 5) is 18.3. The molecule has 0 saturated carbocycles. The highest BCUT2D eigenvalue weighted by molar-refractivity contribution is 5.83. The number of alkyl halides is 3. The number of benzene rings is 1. The van der Waals surface area contributed by atoms with Crippen LogP contribution < -0.4 is 11.1 Å². The van der Waals surface area contributed by atoms with Gasteiger partial charge in [-0.1, -0.05) is 12.1 Å². The molecule has 0 bridgehead atoms. The third kappa shape index (κ3) is 3.63. The van der Waals surface area contributed by atoms with Gasteiger partial charge in [0.1, 0.15) is 0 Å². The molecule has 0 atom stereocenters. The molecule has 0 amide bonds. The molecule has 12 heteroatoms. The van der Waals surface area contributed by atoms with Crippen LogP contribution in [-0.4, -0.2) is 34.7 Å². The molecule has 0 aliphatic carbocycles. The first-order valence-electron chi connectivity index (χ1n) is 8.87. The number of nitrogens with zero attached hydrogens (tertiary/aromatic N) is 6. The number of imidazole rings is 1. The lowest BCUT2D eigenvalue weighted by Gasteiger charge is -2.25. The number of halogens is 3. The van der Waals surface area contributed by atoms with Gasteiger partial charge >= 0.3 is 6.18 Å². The summed E-state index contributed by atoms with van der Waals surface area (Å²) in [7, 11) is 1.82. The molecule has 3 heterocycles. The summed E-state index contributed by atoms with van der Waals surface area (Å²) in [6.07, 6.45) is -1.70. The van der Waals surface area contributed by atoms with Crippen LogP contribution in [0.25, 0.3) is 22.3 Å². The lowest BCUT2D eigenvalue weighted by atomic mass is 10.0. The van der Waals surface area contributed by atoms with Gasteiger partial charge in [-0.2, -0.15) is 33.2 Å². The fourth-order valence-corrected chi connectivity index (χ4v) is 2.99. The number of aromatic nitrogens is 7. The van der Waals surface area contributed by atoms with Crippen molar-refractivity contribution in [3.8, 4) is 11.4 Å². The van der Waals surface area contributed by atoms with Crippen molar-refractivity contribution in [2.45, 2.75) is 25.6 Å². The fourth-order valence-electron chi connectivity index (χ4n) is 2.99. The predicted molar refractivity (Wildman–Crippen MR) is 104 cm³/mol. The van der Waals surface area contributed by atoms with Crippen LogP contribution >= 0.6 is 0 Å². The van der Waals surface area contributed by atoms with Crippen molar-refractivity contribution in [3.63, 3.8) is 0 Å². The van der Waals surface area contributed by atoms with Gasteiger partial charge in [0.05, 0.1) is 29.1 Å². The number of hydrogen-bond acceptors (Lipinski definition) is 7. The van der Waals surface area contributed by atoms with Crippen LogP contribution in [0.5, 0.6) is 0 Å². The molecule has 30 heavy (non-hydrogen) atoms. The summed E-state index contributed by atoms with van der Waals surface area (Å²) in [5.41, 5.74) is 6.66. The molecule has 0 fully saturated rings. The van der Waals surface area contributed by atoms with Crippen molar-refractivity contribution in [1.29, 1.82) is 0 Å². The molecule has 4 N–H and O–H groups in total. The van der Waals surface area contributed by atoms with Gasteiger partial charge in [-0.05, 0) is 19.9 Å². The Morgan fingerprint density at radius 2 is 1.87 bits per heavy atom. The Morgan fingerprint density at radius 3 is 2.57 bits per heavy atom. The van der Waals surface area contributed by atoms with Crippen molar-refractivity contribution < 1.29 is 13.2 Å². The Bertz CT molecular complexity index is 1220. The number of nitrogens with one attached hydrogen (secondary N) is 2. The molecule has 1 aromatic carbocycles. The SMILES string of the molecule is Cn1ncc2ccc(-c3nc(N)nc(NC(C)(C)c4cnc(C(F)(F)F)[nH]4)n3)cc21. The maximum absolute atomic E-state index is 12.9. The highest BCUT2D eigenvalue weighted by atomic mass is 19.4. The summed E-state index contributed by atoms with van der Waals surface area (Å²) >= 11 is 0. The van der Waals surface area contributed by atoms with E-state index in [0.29, 0.717) is 11.4 Å². The number of nitrogens with two attached hydrogens (primary N) is 1. The first-order valence-corrected chi connectivity index (χ1v) is 8.87. The van der Waals surface area contributed by atoms with E-state index < -0.39 is 17.5 Å². The first-order chi connectivity index (χ1) is 14.0. The van der Waals surface area contributed by atoms with Crippen LogP contribution in [0.15, 0.2) is 30.6 Å². The number of aromatic amines is 1. The Balaban J connectivity index is 1.67. The molecule has 0 saturated heterocycles. The average Bonchev–Trinajstić information content (AvgIpc) is 3.28. The van der Waals surface area contributed by atoms with E-state index in [9.17, 15) is 13.2 Å². The first kappa shape index (κ1) is 19.6. The van der Waals surface area contributed by atoms with Gasteiger partial charge in [-0.3, -0.25) is 4.68 Å². The molecule has 9 nitrogen and oxygen atoms in total. The monoisotopic (exact) mass is 417 g/mol. The highest BCUT2D eigenvalue weighted by Crippen LogP contribution is 2.30. The Labute approximate surface area is 168 Å². The van der Waals surface area contributed by atoms with E-state index in [0.717, 1.165) is 17.1 Å². The minimum absolute atomic E-state index is 0.0241. The fraction of sp³-hybridized carbons (Fsp3) is 0.278. The van der Waals surface area contributed by atoms with Crippen LogP contribution in [0.2, 0.25) is 0 Å². The molecule has 156 valence electrons. The van der Waals surface area contributed by atoms with E-state index in [2.05, 4.69) is 35.3 Å². The molecular weight excluding hydrogens is 399 g/mol. The lowest BCUT2D eigenvalue weighted by molar-refractivity contribution is -0.144. The zero-order chi connectivity index (χ0) is 21.7. The molecule has 4 aromatic rings. The number of rotatable bonds is 4. The molecule has 0 spiro atoms. The zero-order valence-electron chi connectivity index (χ0n) is 16.3. The van der Waals surface area contributed by atoms with Crippen LogP contribution in [0, 0.1) is 0 Å². The van der Waals surface area contributed by atoms with Crippen LogP contribution in [-0.2, 0) is 18.8 Å². The van der Waals surface area contributed by atoms with Gasteiger partial charge in [-0.25, -0.2) is 4.98 Å². The Hall–Kier alpha value is -3.70. The number of H-pyrrole nitrogens is 1. The van der Waals surface area contributed by atoms with Crippen LogP contribution in [0.4, 0.5) is 25.1 Å². The van der Waals surface area contributed by atoms with E-state index >= 15 is 0 Å². The van der Waals surface area contributed by atoms with Crippen molar-refractivity contribution in [2.75, 3.05) is 11.1 Å². The molecule has 4 rings (SSSR count). The molecule has 0 aliphatic heterocycles. The van der Waals surface area contributed by atoms with E-state index in [1.807, 2.05) is 25.2 Å². The van der Waals surface area contributed by atoms with E-state index in [1.165, 1.54) is 0 Å². The van der Waals surface area contributed by atoms with Gasteiger partial charge < -0.3 is 16.0 Å². The average molecular weight is 417 g/mol. The van der Waals surface area contributed by atoms with Crippen LogP contribution in [0.3, 0.4) is 0 Å². The smallest absolute Gasteiger partial charge is 0.368 e. The topological polar surface area (TPSA) is 123 Å². The second-order valence-corrected chi connectivity index (χ2v) is 7.28. The summed E-state index contributed by atoms with van der Waals surface area (Å²) in [6, 6.07) is 5.59. The summed E-state index contributed by atoms with van der Waals surface area (Å²) < 4.78 is 40.3. The summed E-state index contributed by atoms with van der Waals surface area (Å²) in [5, 5.41) is 8.16. The minimum atomic E-state index is -4.57. The Morgan fingerprint density at radius 1 is 1.10 bits per heavy atom. The van der Waals surface area contributed by atoms with Crippen molar-refractivity contribution in [2.24, 2.45) is 7.05 Å². The van der Waals surface area contributed by atoms with Crippen LogP contribution in [0.1, 0.15) is 25.4 Å². The Kier molecular flexibility index (Phi) is 4.36. The second kappa shape index (κ2) is 6.68. The second-order valence-electron chi connectivity index (χ2n) is 7.28. The maximum atomic E-state index is 12.9. The van der Waals surface area contributed by atoms with E-state index in [-0.39, 0.29) is 17.6 Å². The summed E-state index contributed by atoms with van der Waals surface area (Å²) in [5.74, 6) is -0.656. The van der Waals surface area contributed by atoms with Crippen molar-refractivity contribution in [1.82, 2.24) is 34.7 Å². The highest BCUT2D eigenvalue weighted by Gasteiger charge is 2.36. The van der Waals surface area contributed by atoms with Gasteiger partial charge in [0, 0.05) is 18.0 Å². The number of anilines is 2. The van der Waals surface area contributed by atoms with Gasteiger partial charge in [0.2, 0.25) is 17.7 Å². The third-order valence-corrected chi connectivity index (χ3v) is 4.60. The molecule has 3 aromatic heterocycles. The minimum Gasteiger partial charge on any atom is -0.368 e. The standard InChI is InChI=1S/C18H18F3N9/c1-17(2,12-8-23-14(25-12)18(19,20)21)29-16-27-13(26-15(22)28-16)9-4-5-10-7-24-30(3)11(10)6-9/h4-8H,1-3H3,(H,23,25)(H3,22,26,27,28,29). The number of aryl methyl sites for hydroxylation is 1.